The summed E-state index contributed by atoms with van der Waals surface area (Å²) >= 11 is 0. The van der Waals surface area contributed by atoms with Gasteiger partial charge in [0.05, 0.1) is 0 Å². The minimum atomic E-state index is -4.86. The minimum absolute atomic E-state index is 0.0373. The number of hydrogen-bond acceptors (Lipinski definition) is 4. The number of rotatable bonds is 2. The summed E-state index contributed by atoms with van der Waals surface area (Å²) in [6.45, 7) is 0.0287. The first-order valence-corrected chi connectivity index (χ1v) is 7.41. The van der Waals surface area contributed by atoms with Gasteiger partial charge >= 0.3 is 12.1 Å². The van der Waals surface area contributed by atoms with E-state index in [1.807, 2.05) is 0 Å². The van der Waals surface area contributed by atoms with Crippen LogP contribution in [0.5, 0.6) is 11.5 Å². The molecule has 6 nitrogen and oxygen atoms in total. The number of likely N-dealkylation sites (tertiary alicyclic amines) is 1. The molecule has 0 unspecified atom stereocenters. The molecule has 24 heavy (non-hydrogen) atoms. The van der Waals surface area contributed by atoms with E-state index in [2.05, 4.69) is 5.32 Å². The number of piperidine rings is 1. The lowest BCUT2D eigenvalue weighted by Gasteiger charge is -2.32. The summed E-state index contributed by atoms with van der Waals surface area (Å²) in [6.07, 6.45) is -4.31. The lowest BCUT2D eigenvalue weighted by Crippen LogP contribution is -2.50. The maximum atomic E-state index is 12.4. The highest BCUT2D eigenvalue weighted by Crippen LogP contribution is 2.32. The Bertz CT molecular complexity index is 655. The summed E-state index contributed by atoms with van der Waals surface area (Å²) < 4.78 is 47.5. The number of nitrogens with one attached hydrogen (secondary N) is 1. The normalized spacial score (nSPS) is 17.7. The number of benzene rings is 1. The molecule has 0 aromatic heterocycles. The number of carbonyl (C=O) groups is 2. The van der Waals surface area contributed by atoms with Crippen LogP contribution in [-0.4, -0.2) is 48.8 Å². The molecule has 9 heteroatoms. The van der Waals surface area contributed by atoms with Crippen molar-refractivity contribution in [3.63, 3.8) is 0 Å². The van der Waals surface area contributed by atoms with Gasteiger partial charge in [0.15, 0.2) is 11.5 Å². The predicted octanol–water partition coefficient (Wildman–Crippen LogP) is 1.70. The maximum absolute atomic E-state index is 12.4. The Morgan fingerprint density at radius 1 is 1.12 bits per heavy atom. The van der Waals surface area contributed by atoms with Crippen molar-refractivity contribution in [1.82, 2.24) is 10.2 Å². The van der Waals surface area contributed by atoms with E-state index in [0.717, 1.165) is 4.90 Å². The molecule has 1 fully saturated rings. The van der Waals surface area contributed by atoms with E-state index in [0.29, 0.717) is 17.1 Å². The molecule has 0 aliphatic carbocycles. The van der Waals surface area contributed by atoms with Gasteiger partial charge in [-0.15, -0.1) is 0 Å². The molecule has 2 aliphatic heterocycles. The van der Waals surface area contributed by atoms with Crippen molar-refractivity contribution in [1.29, 1.82) is 0 Å². The molecular formula is C15H15F3N2O4. The summed E-state index contributed by atoms with van der Waals surface area (Å²) in [6, 6.07) is 4.49. The molecule has 0 saturated carbocycles. The number of hydrogen-bond donors (Lipinski definition) is 1. The third-order valence-electron chi connectivity index (χ3n) is 3.99. The molecule has 0 radical (unpaired) electrons. The number of amides is 2. The zero-order valence-electron chi connectivity index (χ0n) is 12.6. The maximum Gasteiger partial charge on any atom is 0.471 e. The first kappa shape index (κ1) is 16.4. The van der Waals surface area contributed by atoms with Crippen LogP contribution in [0.1, 0.15) is 23.2 Å². The lowest BCUT2D eigenvalue weighted by molar-refractivity contribution is -0.186. The largest absolute Gasteiger partial charge is 0.471 e. The summed E-state index contributed by atoms with van der Waals surface area (Å²) in [5.74, 6) is -1.13. The number of halogens is 3. The third-order valence-corrected chi connectivity index (χ3v) is 3.99. The molecule has 1 N–H and O–H groups in total. The molecule has 0 atom stereocenters. The number of fused-ring (bicyclic) bond motifs is 1. The van der Waals surface area contributed by atoms with Gasteiger partial charge in [0.25, 0.3) is 5.91 Å². The highest BCUT2D eigenvalue weighted by Gasteiger charge is 2.43. The number of carbonyl (C=O) groups excluding carboxylic acids is 2. The van der Waals surface area contributed by atoms with Crippen molar-refractivity contribution in [3.05, 3.63) is 23.8 Å². The van der Waals surface area contributed by atoms with E-state index < -0.39 is 12.1 Å². The average molecular weight is 344 g/mol. The number of nitrogens with zero attached hydrogens (tertiary/aromatic N) is 1. The molecule has 2 heterocycles. The second-order valence-corrected chi connectivity index (χ2v) is 5.61. The van der Waals surface area contributed by atoms with E-state index in [1.165, 1.54) is 0 Å². The molecule has 1 aromatic rings. The van der Waals surface area contributed by atoms with Gasteiger partial charge in [-0.2, -0.15) is 13.2 Å². The summed E-state index contributed by atoms with van der Waals surface area (Å²) in [4.78, 5) is 24.2. The van der Waals surface area contributed by atoms with E-state index in [-0.39, 0.29) is 44.7 Å². The van der Waals surface area contributed by atoms with Gasteiger partial charge in [-0.05, 0) is 31.0 Å². The Morgan fingerprint density at radius 2 is 1.79 bits per heavy atom. The lowest BCUT2D eigenvalue weighted by atomic mass is 10.0. The number of alkyl halides is 3. The summed E-state index contributed by atoms with van der Waals surface area (Å²) in [5.41, 5.74) is 0.382. The molecule has 2 aliphatic rings. The van der Waals surface area contributed by atoms with Gasteiger partial charge in [-0.1, -0.05) is 0 Å². The quantitative estimate of drug-likeness (QED) is 0.887. The fraction of sp³-hybridized carbons (Fsp3) is 0.467. The van der Waals surface area contributed by atoms with Gasteiger partial charge in [0.1, 0.15) is 0 Å². The van der Waals surface area contributed by atoms with Crippen molar-refractivity contribution in [3.8, 4) is 11.5 Å². The van der Waals surface area contributed by atoms with E-state index in [1.54, 1.807) is 18.2 Å². The standard InChI is InChI=1S/C15H15F3N2O4/c16-15(17,18)14(22)20-5-3-10(4-6-20)19-13(21)9-1-2-11-12(7-9)24-8-23-11/h1-2,7,10H,3-6,8H2,(H,19,21). The van der Waals surface area contributed by atoms with E-state index in [9.17, 15) is 22.8 Å². The van der Waals surface area contributed by atoms with Crippen LogP contribution in [0.4, 0.5) is 13.2 Å². The highest BCUT2D eigenvalue weighted by molar-refractivity contribution is 5.95. The van der Waals surface area contributed by atoms with Crippen molar-refractivity contribution < 1.29 is 32.2 Å². The molecule has 0 bridgehead atoms. The fourth-order valence-electron chi connectivity index (χ4n) is 2.71. The van der Waals surface area contributed by atoms with Crippen LogP contribution in [0.15, 0.2) is 18.2 Å². The summed E-state index contributed by atoms with van der Waals surface area (Å²) in [5, 5.41) is 2.77. The summed E-state index contributed by atoms with van der Waals surface area (Å²) in [7, 11) is 0. The Morgan fingerprint density at radius 3 is 2.46 bits per heavy atom. The van der Waals surface area contributed by atoms with E-state index in [4.69, 9.17) is 9.47 Å². The van der Waals surface area contributed by atoms with Gasteiger partial charge in [0.2, 0.25) is 6.79 Å². The molecule has 1 aromatic carbocycles. The highest BCUT2D eigenvalue weighted by atomic mass is 19.4. The third kappa shape index (κ3) is 3.39. The van der Waals surface area contributed by atoms with E-state index >= 15 is 0 Å². The van der Waals surface area contributed by atoms with Crippen molar-refractivity contribution in [2.75, 3.05) is 19.9 Å². The van der Waals surface area contributed by atoms with Crippen molar-refractivity contribution in [2.45, 2.75) is 25.1 Å². The van der Waals surface area contributed by atoms with Crippen LogP contribution < -0.4 is 14.8 Å². The average Bonchev–Trinajstić information content (AvgIpc) is 3.01. The zero-order chi connectivity index (χ0) is 17.3. The Kier molecular flexibility index (Phi) is 4.25. The van der Waals surface area contributed by atoms with Gasteiger partial charge in [0, 0.05) is 24.7 Å². The molecule has 0 spiro atoms. The van der Waals surface area contributed by atoms with Gasteiger partial charge < -0.3 is 19.7 Å². The second-order valence-electron chi connectivity index (χ2n) is 5.61. The Labute approximate surface area is 135 Å². The van der Waals surface area contributed by atoms with Gasteiger partial charge in [-0.3, -0.25) is 9.59 Å². The Balaban J connectivity index is 1.54. The van der Waals surface area contributed by atoms with Crippen molar-refractivity contribution in [2.24, 2.45) is 0 Å². The first-order valence-electron chi connectivity index (χ1n) is 7.41. The SMILES string of the molecule is O=C(NC1CCN(C(=O)C(F)(F)F)CC1)c1ccc2c(c1)OCO2. The molecule has 2 amide bonds. The fourth-order valence-corrected chi connectivity index (χ4v) is 2.71. The smallest absolute Gasteiger partial charge is 0.454 e. The second kappa shape index (κ2) is 6.21. The minimum Gasteiger partial charge on any atom is -0.454 e. The first-order chi connectivity index (χ1) is 11.3. The number of ether oxygens (including phenoxy) is 2. The zero-order valence-corrected chi connectivity index (χ0v) is 12.6. The van der Waals surface area contributed by atoms with Crippen LogP contribution in [0.25, 0.3) is 0 Å². The molecule has 130 valence electrons. The Hall–Kier alpha value is -2.45. The van der Waals surface area contributed by atoms with Gasteiger partial charge in [-0.25, -0.2) is 0 Å². The van der Waals surface area contributed by atoms with Crippen LogP contribution >= 0.6 is 0 Å². The van der Waals surface area contributed by atoms with Crippen molar-refractivity contribution >= 4 is 11.8 Å². The topological polar surface area (TPSA) is 67.9 Å². The van der Waals surface area contributed by atoms with Crippen LogP contribution in [0, 0.1) is 0 Å². The van der Waals surface area contributed by atoms with Crippen LogP contribution in [0.2, 0.25) is 0 Å². The molecule has 1 saturated heterocycles. The van der Waals surface area contributed by atoms with Crippen LogP contribution in [0.3, 0.4) is 0 Å². The molecule has 3 rings (SSSR count). The van der Waals surface area contributed by atoms with Crippen LogP contribution in [-0.2, 0) is 4.79 Å². The predicted molar refractivity (Wildman–Crippen MR) is 75.7 cm³/mol. The molecular weight excluding hydrogens is 329 g/mol. The monoisotopic (exact) mass is 344 g/mol.